The van der Waals surface area contributed by atoms with E-state index < -0.39 is 0 Å². The first-order chi connectivity index (χ1) is 13.6. The predicted octanol–water partition coefficient (Wildman–Crippen LogP) is 3.82. The van der Waals surface area contributed by atoms with Gasteiger partial charge in [-0.2, -0.15) is 0 Å². The second-order valence-corrected chi connectivity index (χ2v) is 7.70. The lowest BCUT2D eigenvalue weighted by atomic mass is 10.1. The Hall–Kier alpha value is -3.02. The van der Waals surface area contributed by atoms with Crippen molar-refractivity contribution in [2.45, 2.75) is 25.9 Å². The number of anilines is 1. The highest BCUT2D eigenvalue weighted by atomic mass is 16.5. The Morgan fingerprint density at radius 2 is 1.89 bits per heavy atom. The van der Waals surface area contributed by atoms with E-state index in [0.717, 1.165) is 48.5 Å². The number of hydrogen-bond donors (Lipinski definition) is 0. The topological polar surface area (TPSA) is 48.1 Å². The van der Waals surface area contributed by atoms with Crippen LogP contribution in [0.5, 0.6) is 5.75 Å². The molecule has 1 fully saturated rings. The van der Waals surface area contributed by atoms with E-state index in [1.54, 1.807) is 6.33 Å². The first-order valence-corrected chi connectivity index (χ1v) is 9.84. The monoisotopic (exact) mass is 375 g/mol. The lowest BCUT2D eigenvalue weighted by Gasteiger charge is -2.33. The van der Waals surface area contributed by atoms with E-state index in [-0.39, 0.29) is 6.10 Å². The highest BCUT2D eigenvalue weighted by Gasteiger charge is 2.24. The van der Waals surface area contributed by atoms with Gasteiger partial charge in [0.2, 0.25) is 0 Å². The third kappa shape index (κ3) is 2.71. The molecule has 144 valence electrons. The first kappa shape index (κ1) is 17.1. The van der Waals surface area contributed by atoms with E-state index in [1.165, 1.54) is 16.6 Å². The van der Waals surface area contributed by atoms with Gasteiger partial charge >= 0.3 is 0 Å². The van der Waals surface area contributed by atoms with E-state index >= 15 is 0 Å². The molecule has 4 heterocycles. The number of nitrogens with zero attached hydrogens (tertiary/aromatic N) is 5. The van der Waals surface area contributed by atoms with Crippen molar-refractivity contribution < 1.29 is 4.74 Å². The minimum atomic E-state index is 0.231. The van der Waals surface area contributed by atoms with Crippen LogP contribution < -0.4 is 9.64 Å². The summed E-state index contributed by atoms with van der Waals surface area (Å²) < 4.78 is 10.7. The molecule has 0 spiro atoms. The maximum atomic E-state index is 6.40. The minimum Gasteiger partial charge on any atom is -0.490 e. The van der Waals surface area contributed by atoms with Gasteiger partial charge in [-0.25, -0.2) is 9.97 Å². The van der Waals surface area contributed by atoms with Gasteiger partial charge in [0.05, 0.1) is 11.0 Å². The highest BCUT2D eigenvalue weighted by molar-refractivity contribution is 5.88. The second kappa shape index (κ2) is 6.55. The Balaban J connectivity index is 1.34. The molecule has 1 aliphatic rings. The Bertz CT molecular complexity index is 1150. The van der Waals surface area contributed by atoms with Gasteiger partial charge in [0, 0.05) is 57.3 Å². The third-order valence-corrected chi connectivity index (χ3v) is 5.96. The van der Waals surface area contributed by atoms with Crippen LogP contribution >= 0.6 is 0 Å². The standard InChI is InChI=1S/C22H25N5O/c1-15-13-18-21(26(15)3)22(24-14-23-18)27-11-7-16(8-12-27)28-20-6-4-5-19-17(20)9-10-25(19)2/h4-6,9-10,13-14,16H,7-8,11-12H2,1-3H3. The Labute approximate surface area is 164 Å². The number of rotatable bonds is 3. The molecule has 1 saturated heterocycles. The smallest absolute Gasteiger partial charge is 0.156 e. The van der Waals surface area contributed by atoms with Crippen molar-refractivity contribution in [1.82, 2.24) is 19.1 Å². The van der Waals surface area contributed by atoms with Crippen LogP contribution in [0.2, 0.25) is 0 Å². The molecule has 0 N–H and O–H groups in total. The molecule has 0 amide bonds. The fourth-order valence-corrected chi connectivity index (χ4v) is 4.25. The van der Waals surface area contributed by atoms with Crippen LogP contribution in [-0.4, -0.2) is 38.3 Å². The zero-order chi connectivity index (χ0) is 19.3. The maximum absolute atomic E-state index is 6.40. The largest absolute Gasteiger partial charge is 0.490 e. The van der Waals surface area contributed by atoms with Crippen LogP contribution in [0.1, 0.15) is 18.5 Å². The summed E-state index contributed by atoms with van der Waals surface area (Å²) >= 11 is 0. The molecule has 0 radical (unpaired) electrons. The van der Waals surface area contributed by atoms with Crippen LogP contribution in [0, 0.1) is 6.92 Å². The average molecular weight is 375 g/mol. The van der Waals surface area contributed by atoms with E-state index in [4.69, 9.17) is 4.74 Å². The fraction of sp³-hybridized carbons (Fsp3) is 0.364. The van der Waals surface area contributed by atoms with Gasteiger partial charge in [-0.3, -0.25) is 0 Å². The van der Waals surface area contributed by atoms with Gasteiger partial charge in [-0.05, 0) is 31.2 Å². The van der Waals surface area contributed by atoms with Crippen molar-refractivity contribution in [1.29, 1.82) is 0 Å². The average Bonchev–Trinajstić information content (AvgIpc) is 3.23. The lowest BCUT2D eigenvalue weighted by molar-refractivity contribution is 0.173. The summed E-state index contributed by atoms with van der Waals surface area (Å²) in [6.45, 7) is 3.98. The molecule has 1 aliphatic heterocycles. The summed E-state index contributed by atoms with van der Waals surface area (Å²) in [7, 11) is 4.15. The van der Waals surface area contributed by atoms with Crippen LogP contribution in [0.4, 0.5) is 5.82 Å². The summed E-state index contributed by atoms with van der Waals surface area (Å²) in [5.74, 6) is 2.02. The highest BCUT2D eigenvalue weighted by Crippen LogP contribution is 2.31. The summed E-state index contributed by atoms with van der Waals surface area (Å²) in [6, 6.07) is 10.5. The van der Waals surface area contributed by atoms with Gasteiger partial charge in [-0.1, -0.05) is 6.07 Å². The molecule has 6 heteroatoms. The number of ether oxygens (including phenoxy) is 1. The van der Waals surface area contributed by atoms with Crippen LogP contribution in [0.25, 0.3) is 21.9 Å². The van der Waals surface area contributed by atoms with Crippen molar-refractivity contribution in [3.8, 4) is 5.75 Å². The van der Waals surface area contributed by atoms with E-state index in [2.05, 4.69) is 81.5 Å². The molecule has 0 bridgehead atoms. The number of aromatic nitrogens is 4. The van der Waals surface area contributed by atoms with Crippen molar-refractivity contribution >= 4 is 27.8 Å². The number of benzene rings is 1. The lowest BCUT2D eigenvalue weighted by Crippen LogP contribution is -2.39. The Morgan fingerprint density at radius 1 is 1.07 bits per heavy atom. The van der Waals surface area contributed by atoms with Gasteiger partial charge in [0.25, 0.3) is 0 Å². The summed E-state index contributed by atoms with van der Waals surface area (Å²) in [5.41, 5.74) is 4.54. The molecule has 1 aromatic carbocycles. The zero-order valence-electron chi connectivity index (χ0n) is 16.6. The van der Waals surface area contributed by atoms with E-state index in [1.807, 2.05) is 0 Å². The molecule has 3 aromatic heterocycles. The molecule has 5 rings (SSSR count). The molecule has 4 aromatic rings. The summed E-state index contributed by atoms with van der Waals surface area (Å²) in [6.07, 6.45) is 5.96. The van der Waals surface area contributed by atoms with Crippen molar-refractivity contribution in [2.75, 3.05) is 18.0 Å². The number of hydrogen-bond acceptors (Lipinski definition) is 4. The normalized spacial score (nSPS) is 15.6. The Kier molecular flexibility index (Phi) is 4.00. The summed E-state index contributed by atoms with van der Waals surface area (Å²) in [5, 5.41) is 1.18. The number of piperidine rings is 1. The number of aryl methyl sites for hydroxylation is 3. The molecule has 6 nitrogen and oxygen atoms in total. The van der Waals surface area contributed by atoms with Crippen LogP contribution in [0.3, 0.4) is 0 Å². The Morgan fingerprint density at radius 3 is 2.71 bits per heavy atom. The van der Waals surface area contributed by atoms with Gasteiger partial charge < -0.3 is 18.8 Å². The van der Waals surface area contributed by atoms with E-state index in [0.29, 0.717) is 0 Å². The van der Waals surface area contributed by atoms with Crippen molar-refractivity contribution in [2.24, 2.45) is 14.1 Å². The first-order valence-electron chi connectivity index (χ1n) is 9.84. The number of fused-ring (bicyclic) bond motifs is 2. The van der Waals surface area contributed by atoms with Gasteiger partial charge in [-0.15, -0.1) is 0 Å². The molecule has 0 saturated carbocycles. The quantitative estimate of drug-likeness (QED) is 0.546. The van der Waals surface area contributed by atoms with Gasteiger partial charge in [0.15, 0.2) is 5.82 Å². The second-order valence-electron chi connectivity index (χ2n) is 7.70. The molecule has 28 heavy (non-hydrogen) atoms. The van der Waals surface area contributed by atoms with Crippen molar-refractivity contribution in [3.63, 3.8) is 0 Å². The van der Waals surface area contributed by atoms with Crippen LogP contribution in [-0.2, 0) is 14.1 Å². The molecule has 0 unspecified atom stereocenters. The van der Waals surface area contributed by atoms with E-state index in [9.17, 15) is 0 Å². The zero-order valence-corrected chi connectivity index (χ0v) is 16.6. The SMILES string of the molecule is Cc1cc2ncnc(N3CCC(Oc4cccc5c4ccn5C)CC3)c2n1C. The third-order valence-electron chi connectivity index (χ3n) is 5.96. The fourth-order valence-electron chi connectivity index (χ4n) is 4.25. The minimum absolute atomic E-state index is 0.231. The van der Waals surface area contributed by atoms with Crippen LogP contribution in [0.15, 0.2) is 42.9 Å². The van der Waals surface area contributed by atoms with Gasteiger partial charge in [0.1, 0.15) is 23.7 Å². The molecule has 0 aliphatic carbocycles. The molecular formula is C22H25N5O. The van der Waals surface area contributed by atoms with Crippen molar-refractivity contribution in [3.05, 3.63) is 48.5 Å². The molecule has 0 atom stereocenters. The summed E-state index contributed by atoms with van der Waals surface area (Å²) in [4.78, 5) is 11.4. The predicted molar refractivity (Wildman–Crippen MR) is 112 cm³/mol. The molecular weight excluding hydrogens is 350 g/mol. The maximum Gasteiger partial charge on any atom is 0.156 e.